The van der Waals surface area contributed by atoms with Crippen molar-refractivity contribution in [2.24, 2.45) is 0 Å². The number of rotatable bonds is 3. The van der Waals surface area contributed by atoms with E-state index in [9.17, 15) is 8.42 Å². The minimum atomic E-state index is -3.90. The summed E-state index contributed by atoms with van der Waals surface area (Å²) in [6.07, 6.45) is 0. The van der Waals surface area contributed by atoms with Crippen molar-refractivity contribution in [2.75, 3.05) is 5.73 Å². The molecule has 0 saturated heterocycles. The molecule has 1 heterocycles. The van der Waals surface area contributed by atoms with Gasteiger partial charge in [0.05, 0.1) is 4.90 Å². The summed E-state index contributed by atoms with van der Waals surface area (Å²) in [7, 11) is -3.90. The zero-order chi connectivity index (χ0) is 16.6. The standard InChI is InChI=1S/C16H14ClN3O2S/c1-11-7-9-13(10-8-11)23(21,22)20-16(18)14(17)15(19-20)12-5-3-2-4-6-12/h2-10H,18H2,1H3. The summed E-state index contributed by atoms with van der Waals surface area (Å²) in [5.41, 5.74) is 7.87. The van der Waals surface area contributed by atoms with E-state index in [1.165, 1.54) is 12.1 Å². The number of nitrogens with zero attached hydrogens (tertiary/aromatic N) is 2. The Kier molecular flexibility index (Phi) is 3.87. The van der Waals surface area contributed by atoms with Gasteiger partial charge in [0.25, 0.3) is 10.0 Å². The van der Waals surface area contributed by atoms with Gasteiger partial charge in [-0.2, -0.15) is 13.5 Å². The molecule has 0 spiro atoms. The fraction of sp³-hybridized carbons (Fsp3) is 0.0625. The molecular formula is C16H14ClN3O2S. The van der Waals surface area contributed by atoms with E-state index in [1.807, 2.05) is 25.1 Å². The first-order chi connectivity index (χ1) is 10.9. The lowest BCUT2D eigenvalue weighted by Gasteiger charge is -2.06. The lowest BCUT2D eigenvalue weighted by atomic mass is 10.1. The van der Waals surface area contributed by atoms with Crippen molar-refractivity contribution >= 4 is 27.4 Å². The van der Waals surface area contributed by atoms with Crippen LogP contribution in [0.3, 0.4) is 0 Å². The second-order valence-electron chi connectivity index (χ2n) is 5.07. The second kappa shape index (κ2) is 5.72. The Labute approximate surface area is 139 Å². The highest BCUT2D eigenvalue weighted by atomic mass is 35.5. The molecule has 0 bridgehead atoms. The van der Waals surface area contributed by atoms with Gasteiger partial charge in [0.15, 0.2) is 5.82 Å². The van der Waals surface area contributed by atoms with Gasteiger partial charge >= 0.3 is 0 Å². The smallest absolute Gasteiger partial charge is 0.284 e. The fourth-order valence-electron chi connectivity index (χ4n) is 2.17. The Morgan fingerprint density at radius 3 is 2.26 bits per heavy atom. The number of nitrogens with two attached hydrogens (primary N) is 1. The van der Waals surface area contributed by atoms with Crippen LogP contribution in [0.15, 0.2) is 59.5 Å². The minimum Gasteiger partial charge on any atom is -0.382 e. The molecular weight excluding hydrogens is 334 g/mol. The summed E-state index contributed by atoms with van der Waals surface area (Å²) in [5, 5.41) is 4.24. The molecule has 118 valence electrons. The molecule has 1 aromatic heterocycles. The van der Waals surface area contributed by atoms with Crippen LogP contribution in [-0.2, 0) is 10.0 Å². The Balaban J connectivity index is 2.16. The molecule has 0 atom stereocenters. The number of hydrogen-bond donors (Lipinski definition) is 1. The van der Waals surface area contributed by atoms with Crippen molar-refractivity contribution in [1.82, 2.24) is 9.19 Å². The van der Waals surface area contributed by atoms with E-state index in [1.54, 1.807) is 24.3 Å². The lowest BCUT2D eigenvalue weighted by Crippen LogP contribution is -2.16. The third-order valence-electron chi connectivity index (χ3n) is 3.42. The van der Waals surface area contributed by atoms with Gasteiger partial charge in [0.1, 0.15) is 10.7 Å². The van der Waals surface area contributed by atoms with Crippen molar-refractivity contribution in [2.45, 2.75) is 11.8 Å². The molecule has 7 heteroatoms. The monoisotopic (exact) mass is 347 g/mol. The first-order valence-electron chi connectivity index (χ1n) is 6.83. The largest absolute Gasteiger partial charge is 0.382 e. The van der Waals surface area contributed by atoms with Gasteiger partial charge in [-0.25, -0.2) is 0 Å². The van der Waals surface area contributed by atoms with E-state index in [0.29, 0.717) is 11.3 Å². The van der Waals surface area contributed by atoms with E-state index >= 15 is 0 Å². The van der Waals surface area contributed by atoms with E-state index in [2.05, 4.69) is 5.10 Å². The minimum absolute atomic E-state index is 0.105. The molecule has 3 rings (SSSR count). The molecule has 0 unspecified atom stereocenters. The van der Waals surface area contributed by atoms with E-state index < -0.39 is 10.0 Å². The second-order valence-corrected chi connectivity index (χ2v) is 7.22. The van der Waals surface area contributed by atoms with Crippen LogP contribution < -0.4 is 5.73 Å². The molecule has 0 radical (unpaired) electrons. The lowest BCUT2D eigenvalue weighted by molar-refractivity contribution is 0.581. The van der Waals surface area contributed by atoms with Crippen LogP contribution in [-0.4, -0.2) is 17.6 Å². The molecule has 0 fully saturated rings. The van der Waals surface area contributed by atoms with Crippen LogP contribution in [0.25, 0.3) is 11.3 Å². The summed E-state index contributed by atoms with van der Waals surface area (Å²) >= 11 is 6.19. The topological polar surface area (TPSA) is 78.0 Å². The molecule has 0 amide bonds. The predicted octanol–water partition coefficient (Wildman–Crippen LogP) is 3.33. The van der Waals surface area contributed by atoms with E-state index in [0.717, 1.165) is 9.65 Å². The van der Waals surface area contributed by atoms with Crippen molar-refractivity contribution in [3.05, 3.63) is 65.2 Å². The molecule has 0 saturated carbocycles. The van der Waals surface area contributed by atoms with Crippen LogP contribution >= 0.6 is 11.6 Å². The summed E-state index contributed by atoms with van der Waals surface area (Å²) in [6.45, 7) is 1.88. The zero-order valence-corrected chi connectivity index (χ0v) is 13.8. The number of halogens is 1. The number of benzene rings is 2. The highest BCUT2D eigenvalue weighted by Crippen LogP contribution is 2.33. The van der Waals surface area contributed by atoms with E-state index in [-0.39, 0.29) is 15.7 Å². The Bertz CT molecular complexity index is 949. The first kappa shape index (κ1) is 15.6. The van der Waals surface area contributed by atoms with Gasteiger partial charge in [-0.05, 0) is 19.1 Å². The summed E-state index contributed by atoms with van der Waals surface area (Å²) in [6, 6.07) is 15.5. The van der Waals surface area contributed by atoms with Gasteiger partial charge in [0.2, 0.25) is 0 Å². The summed E-state index contributed by atoms with van der Waals surface area (Å²) in [4.78, 5) is 0.105. The number of anilines is 1. The molecule has 0 aliphatic rings. The quantitative estimate of drug-likeness (QED) is 0.788. The third-order valence-corrected chi connectivity index (χ3v) is 5.40. The molecule has 2 aromatic carbocycles. The maximum atomic E-state index is 12.7. The first-order valence-corrected chi connectivity index (χ1v) is 8.64. The molecule has 2 N–H and O–H groups in total. The molecule has 5 nitrogen and oxygen atoms in total. The van der Waals surface area contributed by atoms with E-state index in [4.69, 9.17) is 17.3 Å². The molecule has 0 aliphatic heterocycles. The third kappa shape index (κ3) is 2.71. The number of aromatic nitrogens is 2. The van der Waals surface area contributed by atoms with Crippen molar-refractivity contribution < 1.29 is 8.42 Å². The molecule has 23 heavy (non-hydrogen) atoms. The van der Waals surface area contributed by atoms with Gasteiger partial charge in [-0.15, -0.1) is 4.09 Å². The molecule has 3 aromatic rings. The van der Waals surface area contributed by atoms with Crippen molar-refractivity contribution in [3.63, 3.8) is 0 Å². The number of hydrogen-bond acceptors (Lipinski definition) is 4. The summed E-state index contributed by atoms with van der Waals surface area (Å²) in [5.74, 6) is -0.105. The van der Waals surface area contributed by atoms with Gasteiger partial charge in [-0.3, -0.25) is 0 Å². The Morgan fingerprint density at radius 1 is 1.04 bits per heavy atom. The maximum Gasteiger partial charge on any atom is 0.284 e. The van der Waals surface area contributed by atoms with Gasteiger partial charge in [-0.1, -0.05) is 59.6 Å². The average molecular weight is 348 g/mol. The van der Waals surface area contributed by atoms with Crippen LogP contribution in [0.4, 0.5) is 5.82 Å². The maximum absolute atomic E-state index is 12.7. The van der Waals surface area contributed by atoms with Gasteiger partial charge < -0.3 is 5.73 Å². The van der Waals surface area contributed by atoms with Gasteiger partial charge in [0, 0.05) is 5.56 Å². The van der Waals surface area contributed by atoms with Crippen LogP contribution in [0, 0.1) is 6.92 Å². The number of aryl methyl sites for hydroxylation is 1. The zero-order valence-electron chi connectivity index (χ0n) is 12.3. The fourth-order valence-corrected chi connectivity index (χ4v) is 3.66. The van der Waals surface area contributed by atoms with Crippen LogP contribution in [0.1, 0.15) is 5.56 Å². The Morgan fingerprint density at radius 2 is 1.65 bits per heavy atom. The molecule has 0 aliphatic carbocycles. The average Bonchev–Trinajstić information content (AvgIpc) is 2.85. The highest BCUT2D eigenvalue weighted by Gasteiger charge is 2.25. The normalized spacial score (nSPS) is 11.6. The summed E-state index contributed by atoms with van der Waals surface area (Å²) < 4.78 is 26.2. The number of nitrogen functional groups attached to an aromatic ring is 1. The predicted molar refractivity (Wildman–Crippen MR) is 90.8 cm³/mol. The highest BCUT2D eigenvalue weighted by molar-refractivity contribution is 7.90. The SMILES string of the molecule is Cc1ccc(S(=O)(=O)n2nc(-c3ccccc3)c(Cl)c2N)cc1. The van der Waals surface area contributed by atoms with Crippen LogP contribution in [0.5, 0.6) is 0 Å². The van der Waals surface area contributed by atoms with Crippen LogP contribution in [0.2, 0.25) is 5.02 Å². The van der Waals surface area contributed by atoms with Crippen molar-refractivity contribution in [1.29, 1.82) is 0 Å². The van der Waals surface area contributed by atoms with Crippen molar-refractivity contribution in [3.8, 4) is 11.3 Å². The Hall–Kier alpha value is -2.31.